The van der Waals surface area contributed by atoms with Crippen molar-refractivity contribution in [2.24, 2.45) is 0 Å². The Kier molecular flexibility index (Phi) is 5.74. The van der Waals surface area contributed by atoms with Gasteiger partial charge in [0.2, 0.25) is 0 Å². The zero-order chi connectivity index (χ0) is 17.6. The summed E-state index contributed by atoms with van der Waals surface area (Å²) in [5.41, 5.74) is 2.05. The number of ether oxygens (including phenoxy) is 1. The van der Waals surface area contributed by atoms with Crippen LogP contribution in [0.25, 0.3) is 0 Å². The molecule has 5 heteroatoms. The van der Waals surface area contributed by atoms with Crippen LogP contribution in [0.3, 0.4) is 0 Å². The minimum Gasteiger partial charge on any atom is -0.489 e. The topological polar surface area (TPSA) is 38.3 Å². The summed E-state index contributed by atoms with van der Waals surface area (Å²) >= 11 is 7.27. The molecule has 0 spiro atoms. The number of carbonyl (C=O) groups excluding carboxylic acids is 1. The van der Waals surface area contributed by atoms with Gasteiger partial charge in [0.15, 0.2) is 0 Å². The number of hydrogen-bond donors (Lipinski definition) is 1. The Morgan fingerprint density at radius 2 is 1.88 bits per heavy atom. The van der Waals surface area contributed by atoms with Crippen molar-refractivity contribution < 1.29 is 9.53 Å². The number of amides is 1. The average molecular weight is 372 g/mol. The minimum absolute atomic E-state index is 0.0374. The molecule has 1 atom stereocenters. The van der Waals surface area contributed by atoms with Gasteiger partial charge in [-0.3, -0.25) is 4.79 Å². The van der Waals surface area contributed by atoms with E-state index in [9.17, 15) is 4.79 Å². The lowest BCUT2D eigenvalue weighted by Gasteiger charge is -2.13. The van der Waals surface area contributed by atoms with Gasteiger partial charge in [0.25, 0.3) is 5.91 Å². The van der Waals surface area contributed by atoms with Crippen LogP contribution in [0.15, 0.2) is 66.0 Å². The molecule has 1 aromatic heterocycles. The molecule has 1 unspecified atom stereocenters. The summed E-state index contributed by atoms with van der Waals surface area (Å²) in [6.07, 6.45) is 0. The average Bonchev–Trinajstić information content (AvgIpc) is 3.11. The molecule has 3 nitrogen and oxygen atoms in total. The lowest BCUT2D eigenvalue weighted by molar-refractivity contribution is 0.0944. The fourth-order valence-electron chi connectivity index (χ4n) is 2.36. The monoisotopic (exact) mass is 371 g/mol. The summed E-state index contributed by atoms with van der Waals surface area (Å²) < 4.78 is 5.71. The number of carbonyl (C=O) groups is 1. The standard InChI is InChI=1S/C20H18ClNO2S/c1-14(16-5-3-2-4-6-16)22-20(23)19-11-15(13-25-19)12-24-18-9-7-17(21)8-10-18/h2-11,13-14H,12H2,1H3,(H,22,23). The van der Waals surface area contributed by atoms with Crippen LogP contribution in [-0.4, -0.2) is 5.91 Å². The van der Waals surface area contributed by atoms with Crippen molar-refractivity contribution in [3.63, 3.8) is 0 Å². The second kappa shape index (κ2) is 8.19. The van der Waals surface area contributed by atoms with Crippen molar-refractivity contribution >= 4 is 28.8 Å². The summed E-state index contributed by atoms with van der Waals surface area (Å²) in [5.74, 6) is 0.679. The van der Waals surface area contributed by atoms with Gasteiger partial charge in [0.05, 0.1) is 10.9 Å². The Hall–Kier alpha value is -2.30. The lowest BCUT2D eigenvalue weighted by atomic mass is 10.1. The third-order valence-electron chi connectivity index (χ3n) is 3.74. The van der Waals surface area contributed by atoms with Gasteiger partial charge in [0, 0.05) is 10.6 Å². The molecule has 0 aliphatic rings. The van der Waals surface area contributed by atoms with E-state index in [1.807, 2.05) is 60.8 Å². The van der Waals surface area contributed by atoms with Crippen molar-refractivity contribution in [2.75, 3.05) is 0 Å². The van der Waals surface area contributed by atoms with Gasteiger partial charge in [-0.2, -0.15) is 0 Å². The fraction of sp³-hybridized carbons (Fsp3) is 0.150. The third-order valence-corrected chi connectivity index (χ3v) is 4.97. The summed E-state index contributed by atoms with van der Waals surface area (Å²) in [7, 11) is 0. The predicted molar refractivity (Wildman–Crippen MR) is 102 cm³/mol. The maximum Gasteiger partial charge on any atom is 0.261 e. The quantitative estimate of drug-likeness (QED) is 0.623. The first-order chi connectivity index (χ1) is 12.1. The number of hydrogen-bond acceptors (Lipinski definition) is 3. The van der Waals surface area contributed by atoms with Gasteiger partial charge in [0.1, 0.15) is 12.4 Å². The largest absolute Gasteiger partial charge is 0.489 e. The highest BCUT2D eigenvalue weighted by atomic mass is 35.5. The SMILES string of the molecule is CC(NC(=O)c1cc(COc2ccc(Cl)cc2)cs1)c1ccccc1. The minimum atomic E-state index is -0.0703. The van der Waals surface area contributed by atoms with Gasteiger partial charge in [-0.05, 0) is 48.2 Å². The van der Waals surface area contributed by atoms with E-state index in [-0.39, 0.29) is 11.9 Å². The molecule has 0 radical (unpaired) electrons. The van der Waals surface area contributed by atoms with Gasteiger partial charge in [-0.15, -0.1) is 11.3 Å². The Morgan fingerprint density at radius 3 is 2.60 bits per heavy atom. The molecule has 0 aliphatic heterocycles. The molecule has 0 aliphatic carbocycles. The highest BCUT2D eigenvalue weighted by Crippen LogP contribution is 2.20. The van der Waals surface area contributed by atoms with Crippen LogP contribution in [0, 0.1) is 0 Å². The summed E-state index contributed by atoms with van der Waals surface area (Å²) in [5, 5.41) is 5.64. The lowest BCUT2D eigenvalue weighted by Crippen LogP contribution is -2.25. The van der Waals surface area contributed by atoms with Crippen LogP contribution in [0.4, 0.5) is 0 Å². The number of halogens is 1. The molecule has 0 fully saturated rings. The van der Waals surface area contributed by atoms with Crippen molar-refractivity contribution in [1.29, 1.82) is 0 Å². The van der Waals surface area contributed by atoms with Gasteiger partial charge in [-0.25, -0.2) is 0 Å². The molecular weight excluding hydrogens is 354 g/mol. The zero-order valence-electron chi connectivity index (χ0n) is 13.7. The molecule has 2 aromatic carbocycles. The van der Waals surface area contributed by atoms with Crippen LogP contribution >= 0.6 is 22.9 Å². The van der Waals surface area contributed by atoms with E-state index < -0.39 is 0 Å². The molecule has 1 heterocycles. The zero-order valence-corrected chi connectivity index (χ0v) is 15.3. The van der Waals surface area contributed by atoms with E-state index in [0.29, 0.717) is 16.5 Å². The maximum absolute atomic E-state index is 12.4. The van der Waals surface area contributed by atoms with Crippen LogP contribution in [-0.2, 0) is 6.61 Å². The Balaban J connectivity index is 1.57. The first-order valence-electron chi connectivity index (χ1n) is 7.93. The molecule has 3 aromatic rings. The van der Waals surface area contributed by atoms with Crippen LogP contribution < -0.4 is 10.1 Å². The predicted octanol–water partition coefficient (Wildman–Crippen LogP) is 5.47. The van der Waals surface area contributed by atoms with Gasteiger partial charge >= 0.3 is 0 Å². The molecule has 128 valence electrons. The van der Waals surface area contributed by atoms with Crippen molar-refractivity contribution in [3.8, 4) is 5.75 Å². The second-order valence-electron chi connectivity index (χ2n) is 5.67. The highest BCUT2D eigenvalue weighted by Gasteiger charge is 2.13. The fourth-order valence-corrected chi connectivity index (χ4v) is 3.29. The molecule has 0 bridgehead atoms. The van der Waals surface area contributed by atoms with Crippen LogP contribution in [0.1, 0.15) is 33.8 Å². The molecule has 0 saturated heterocycles. The van der Waals surface area contributed by atoms with E-state index in [2.05, 4.69) is 5.32 Å². The van der Waals surface area contributed by atoms with E-state index >= 15 is 0 Å². The Bertz CT molecular complexity index is 830. The molecule has 25 heavy (non-hydrogen) atoms. The third kappa shape index (κ3) is 4.84. The molecule has 0 saturated carbocycles. The molecule has 3 rings (SSSR count). The summed E-state index contributed by atoms with van der Waals surface area (Å²) in [6.45, 7) is 2.39. The van der Waals surface area contributed by atoms with E-state index in [0.717, 1.165) is 16.9 Å². The number of rotatable bonds is 6. The normalized spacial score (nSPS) is 11.8. The number of benzene rings is 2. The highest BCUT2D eigenvalue weighted by molar-refractivity contribution is 7.12. The van der Waals surface area contributed by atoms with Crippen LogP contribution in [0.5, 0.6) is 5.75 Å². The van der Waals surface area contributed by atoms with Gasteiger partial charge in [-0.1, -0.05) is 41.9 Å². The molecule has 1 amide bonds. The Labute approximate surface area is 156 Å². The number of thiophene rings is 1. The first-order valence-corrected chi connectivity index (χ1v) is 9.19. The first kappa shape index (κ1) is 17.5. The van der Waals surface area contributed by atoms with Crippen molar-refractivity contribution in [3.05, 3.63) is 87.1 Å². The smallest absolute Gasteiger partial charge is 0.261 e. The Morgan fingerprint density at radius 1 is 1.16 bits per heavy atom. The van der Waals surface area contributed by atoms with E-state index in [1.54, 1.807) is 12.1 Å². The summed E-state index contributed by atoms with van der Waals surface area (Å²) in [6, 6.07) is 19.0. The second-order valence-corrected chi connectivity index (χ2v) is 7.02. The van der Waals surface area contributed by atoms with E-state index in [4.69, 9.17) is 16.3 Å². The van der Waals surface area contributed by atoms with E-state index in [1.165, 1.54) is 11.3 Å². The van der Waals surface area contributed by atoms with Crippen molar-refractivity contribution in [1.82, 2.24) is 5.32 Å². The maximum atomic E-state index is 12.4. The van der Waals surface area contributed by atoms with Gasteiger partial charge < -0.3 is 10.1 Å². The molecule has 1 N–H and O–H groups in total. The van der Waals surface area contributed by atoms with Crippen LogP contribution in [0.2, 0.25) is 5.02 Å². The summed E-state index contributed by atoms with van der Waals surface area (Å²) in [4.78, 5) is 13.1. The van der Waals surface area contributed by atoms with Crippen molar-refractivity contribution in [2.45, 2.75) is 19.6 Å². The molecular formula is C20H18ClNO2S. The number of nitrogens with one attached hydrogen (secondary N) is 1.